The van der Waals surface area contributed by atoms with Gasteiger partial charge in [0.2, 0.25) is 5.91 Å². The number of carboxylic acids is 1. The minimum absolute atomic E-state index is 0.0990. The quantitative estimate of drug-likeness (QED) is 0.807. The Balaban J connectivity index is 2.02. The molecule has 128 valence electrons. The average molecular weight is 348 g/mol. The Hall–Kier alpha value is -2.35. The molecule has 0 atom stereocenters. The van der Waals surface area contributed by atoms with Gasteiger partial charge in [0.25, 0.3) is 0 Å². The number of carbonyl (C=O) groups excluding carboxylic acids is 1. The normalized spacial score (nSPS) is 11.3. The number of aromatic carboxylic acids is 1. The number of thioether (sulfide) groups is 1. The van der Waals surface area contributed by atoms with E-state index in [0.29, 0.717) is 0 Å². The molecule has 1 amide bonds. The smallest absolute Gasteiger partial charge is 0.358 e. The van der Waals surface area contributed by atoms with E-state index in [0.717, 1.165) is 16.1 Å². The summed E-state index contributed by atoms with van der Waals surface area (Å²) >= 11 is 1.76. The number of hydrogen-bond acceptors (Lipinski definition) is 5. The summed E-state index contributed by atoms with van der Waals surface area (Å²) in [6, 6.07) is 5.87. The molecule has 0 spiro atoms. The van der Waals surface area contributed by atoms with Gasteiger partial charge in [-0.15, -0.1) is 16.9 Å². The number of nitrogens with zero attached hydrogens (tertiary/aromatic N) is 3. The highest BCUT2D eigenvalue weighted by molar-refractivity contribution is 8.00. The molecule has 1 heterocycles. The van der Waals surface area contributed by atoms with E-state index in [9.17, 15) is 9.59 Å². The van der Waals surface area contributed by atoms with E-state index in [2.05, 4.69) is 36.4 Å². The number of aryl methyl sites for hydroxylation is 1. The van der Waals surface area contributed by atoms with E-state index in [1.165, 1.54) is 10.9 Å². The van der Waals surface area contributed by atoms with Gasteiger partial charge in [-0.05, 0) is 30.7 Å². The van der Waals surface area contributed by atoms with Crippen LogP contribution in [0.4, 0.5) is 5.69 Å². The average Bonchev–Trinajstić information content (AvgIpc) is 2.88. The molecule has 2 N–H and O–H groups in total. The number of amides is 1. The van der Waals surface area contributed by atoms with Crippen LogP contribution in [0, 0.1) is 6.92 Å². The second-order valence-electron chi connectivity index (χ2n) is 6.35. The molecule has 24 heavy (non-hydrogen) atoms. The molecule has 0 saturated carbocycles. The molecule has 0 saturated heterocycles. The molecule has 0 fully saturated rings. The van der Waals surface area contributed by atoms with Crippen molar-refractivity contribution in [3.63, 3.8) is 0 Å². The van der Waals surface area contributed by atoms with E-state index in [1.807, 2.05) is 25.1 Å². The lowest BCUT2D eigenvalue weighted by atomic mass is 10.2. The van der Waals surface area contributed by atoms with Crippen molar-refractivity contribution < 1.29 is 14.7 Å². The van der Waals surface area contributed by atoms with Crippen molar-refractivity contribution in [2.24, 2.45) is 0 Å². The van der Waals surface area contributed by atoms with Crippen LogP contribution in [-0.2, 0) is 11.3 Å². The Morgan fingerprint density at radius 2 is 2.04 bits per heavy atom. The standard InChI is InChI=1S/C16H20N4O3S/c1-10-7-11(24-16(2,3)4)5-6-12(10)17-14(21)9-20-8-13(15(22)23)18-19-20/h5-8H,9H2,1-4H3,(H,17,21)(H,22,23). The zero-order valence-electron chi connectivity index (χ0n) is 14.0. The number of carbonyl (C=O) groups is 2. The molecule has 2 rings (SSSR count). The third-order valence-electron chi connectivity index (χ3n) is 2.96. The number of nitrogens with one attached hydrogen (secondary N) is 1. The van der Waals surface area contributed by atoms with E-state index >= 15 is 0 Å². The first kappa shape index (κ1) is 18.0. The molecular weight excluding hydrogens is 328 g/mol. The fourth-order valence-electron chi connectivity index (χ4n) is 2.00. The first-order chi connectivity index (χ1) is 11.1. The predicted octanol–water partition coefficient (Wildman–Crippen LogP) is 2.81. The third-order valence-corrected chi connectivity index (χ3v) is 4.06. The molecular formula is C16H20N4O3S. The summed E-state index contributed by atoms with van der Waals surface area (Å²) in [6.07, 6.45) is 1.22. The lowest BCUT2D eigenvalue weighted by Crippen LogP contribution is -2.19. The van der Waals surface area contributed by atoms with Gasteiger partial charge in [-0.2, -0.15) is 0 Å². The second kappa shape index (κ2) is 7.04. The molecule has 2 aromatic rings. The lowest BCUT2D eigenvalue weighted by molar-refractivity contribution is -0.116. The van der Waals surface area contributed by atoms with E-state index in [1.54, 1.807) is 11.8 Å². The molecule has 1 aromatic carbocycles. The van der Waals surface area contributed by atoms with E-state index in [-0.39, 0.29) is 22.9 Å². The third kappa shape index (κ3) is 5.09. The molecule has 0 bridgehead atoms. The van der Waals surface area contributed by atoms with Crippen LogP contribution in [0.15, 0.2) is 29.3 Å². The van der Waals surface area contributed by atoms with Gasteiger partial charge in [0.15, 0.2) is 5.69 Å². The SMILES string of the molecule is Cc1cc(SC(C)(C)C)ccc1NC(=O)Cn1cc(C(=O)O)nn1. The predicted molar refractivity (Wildman–Crippen MR) is 92.4 cm³/mol. The van der Waals surface area contributed by atoms with Crippen LogP contribution < -0.4 is 5.32 Å². The summed E-state index contributed by atoms with van der Waals surface area (Å²) in [4.78, 5) is 24.0. The second-order valence-corrected chi connectivity index (χ2v) is 8.25. The Kier molecular flexibility index (Phi) is 5.28. The highest BCUT2D eigenvalue weighted by atomic mass is 32.2. The van der Waals surface area contributed by atoms with Crippen molar-refractivity contribution in [3.8, 4) is 0 Å². The van der Waals surface area contributed by atoms with Crippen LogP contribution in [-0.4, -0.2) is 36.7 Å². The first-order valence-electron chi connectivity index (χ1n) is 7.37. The van der Waals surface area contributed by atoms with Gasteiger partial charge >= 0.3 is 5.97 Å². The summed E-state index contributed by atoms with van der Waals surface area (Å²) in [5.74, 6) is -1.47. The maximum absolute atomic E-state index is 12.1. The number of hydrogen-bond donors (Lipinski definition) is 2. The Labute approximate surface area is 144 Å². The molecule has 0 aliphatic carbocycles. The Morgan fingerprint density at radius 1 is 1.33 bits per heavy atom. The van der Waals surface area contributed by atoms with Gasteiger partial charge in [-0.3, -0.25) is 4.79 Å². The van der Waals surface area contributed by atoms with Gasteiger partial charge in [-0.25, -0.2) is 9.48 Å². The molecule has 0 aliphatic rings. The van der Waals surface area contributed by atoms with Crippen molar-refractivity contribution in [3.05, 3.63) is 35.7 Å². The summed E-state index contributed by atoms with van der Waals surface area (Å²) in [5, 5.41) is 18.7. The van der Waals surface area contributed by atoms with E-state index in [4.69, 9.17) is 5.11 Å². The minimum Gasteiger partial charge on any atom is -0.476 e. The van der Waals surface area contributed by atoms with Gasteiger partial charge in [0.05, 0.1) is 6.20 Å². The monoisotopic (exact) mass is 348 g/mol. The largest absolute Gasteiger partial charge is 0.476 e. The number of aromatic nitrogens is 3. The van der Waals surface area contributed by atoms with Gasteiger partial charge in [0.1, 0.15) is 6.54 Å². The number of anilines is 1. The van der Waals surface area contributed by atoms with Crippen LogP contribution in [0.5, 0.6) is 0 Å². The number of benzene rings is 1. The van der Waals surface area contributed by atoms with Crippen molar-refractivity contribution in [1.82, 2.24) is 15.0 Å². The lowest BCUT2D eigenvalue weighted by Gasteiger charge is -2.18. The summed E-state index contributed by atoms with van der Waals surface area (Å²) < 4.78 is 1.31. The van der Waals surface area contributed by atoms with E-state index < -0.39 is 5.97 Å². The summed E-state index contributed by atoms with van der Waals surface area (Å²) in [7, 11) is 0. The maximum Gasteiger partial charge on any atom is 0.358 e. The number of rotatable bonds is 5. The van der Waals surface area contributed by atoms with Crippen LogP contribution in [0.2, 0.25) is 0 Å². The highest BCUT2D eigenvalue weighted by Crippen LogP contribution is 2.33. The molecule has 0 radical (unpaired) electrons. The molecule has 8 heteroatoms. The van der Waals surface area contributed by atoms with Crippen LogP contribution in [0.25, 0.3) is 0 Å². The summed E-state index contributed by atoms with van der Waals surface area (Å²) in [6.45, 7) is 8.27. The summed E-state index contributed by atoms with van der Waals surface area (Å²) in [5.41, 5.74) is 1.49. The molecule has 0 aliphatic heterocycles. The van der Waals surface area contributed by atoms with Gasteiger partial charge in [-0.1, -0.05) is 26.0 Å². The van der Waals surface area contributed by atoms with Gasteiger partial charge in [0, 0.05) is 15.3 Å². The zero-order valence-corrected chi connectivity index (χ0v) is 14.8. The Morgan fingerprint density at radius 3 is 2.58 bits per heavy atom. The minimum atomic E-state index is -1.18. The van der Waals surface area contributed by atoms with Crippen molar-refractivity contribution in [2.75, 3.05) is 5.32 Å². The maximum atomic E-state index is 12.1. The highest BCUT2D eigenvalue weighted by Gasteiger charge is 2.14. The molecule has 1 aromatic heterocycles. The van der Waals surface area contributed by atoms with Crippen molar-refractivity contribution in [1.29, 1.82) is 0 Å². The molecule has 7 nitrogen and oxygen atoms in total. The fourth-order valence-corrected chi connectivity index (χ4v) is 3.08. The van der Waals surface area contributed by atoms with Crippen molar-refractivity contribution >= 4 is 29.3 Å². The van der Waals surface area contributed by atoms with Crippen LogP contribution in [0.1, 0.15) is 36.8 Å². The van der Waals surface area contributed by atoms with Crippen LogP contribution in [0.3, 0.4) is 0 Å². The van der Waals surface area contributed by atoms with Gasteiger partial charge < -0.3 is 10.4 Å². The zero-order chi connectivity index (χ0) is 17.9. The Bertz CT molecular complexity index is 765. The number of carboxylic acid groups (broad SMARTS) is 1. The first-order valence-corrected chi connectivity index (χ1v) is 8.18. The topological polar surface area (TPSA) is 97.1 Å². The fraction of sp³-hybridized carbons (Fsp3) is 0.375. The molecule has 0 unspecified atom stereocenters. The van der Waals surface area contributed by atoms with Crippen LogP contribution >= 0.6 is 11.8 Å². The van der Waals surface area contributed by atoms with Crippen molar-refractivity contribution in [2.45, 2.75) is 43.9 Å².